The van der Waals surface area contributed by atoms with Crippen molar-refractivity contribution in [2.24, 2.45) is 5.73 Å². The molecule has 0 heterocycles. The Morgan fingerprint density at radius 2 is 2.30 bits per heavy atom. The second-order valence-corrected chi connectivity index (χ2v) is 1.78. The lowest BCUT2D eigenvalue weighted by Gasteiger charge is -1.91. The molecule has 0 aliphatic carbocycles. The van der Waals surface area contributed by atoms with Crippen molar-refractivity contribution in [2.45, 2.75) is 0 Å². The minimum absolute atomic E-state index is 0.321. The normalized spacial score (nSPS) is 12.0. The number of methoxy groups -OCH3 is 1. The van der Waals surface area contributed by atoms with Gasteiger partial charge in [-0.3, -0.25) is 0 Å². The topological polar surface area (TPSA) is 52.3 Å². The number of allylic oxidation sites excluding steroid dienone is 1. The molecule has 0 radical (unpaired) electrons. The molecular weight excluding hydrogens is 150 g/mol. The van der Waals surface area contributed by atoms with E-state index >= 15 is 0 Å². The predicted molar refractivity (Wildman–Crippen MR) is 42.4 cm³/mol. The first kappa shape index (κ1) is 9.10. The van der Waals surface area contributed by atoms with Gasteiger partial charge in [-0.15, -0.1) is 0 Å². The first-order valence-electron chi connectivity index (χ1n) is 2.56. The van der Waals surface area contributed by atoms with Gasteiger partial charge in [0.1, 0.15) is 0 Å². The van der Waals surface area contributed by atoms with Crippen molar-refractivity contribution in [2.75, 3.05) is 7.11 Å². The van der Waals surface area contributed by atoms with E-state index in [9.17, 15) is 4.79 Å². The molecule has 3 nitrogen and oxygen atoms in total. The Morgan fingerprint density at radius 3 is 2.70 bits per heavy atom. The fourth-order valence-electron chi connectivity index (χ4n) is 0.329. The molecule has 0 aromatic rings. The summed E-state index contributed by atoms with van der Waals surface area (Å²) in [5.41, 5.74) is 5.61. The van der Waals surface area contributed by atoms with Crippen LogP contribution in [0, 0.1) is 0 Å². The molecule has 56 valence electrons. The standard InChI is InChI=1S/C6H9NO2S/c1-9-6(8)4-5(7)2-3-10/h2-4,10H,7H2,1H3/b3-2-,5-4-. The van der Waals surface area contributed by atoms with Crippen LogP contribution in [0.15, 0.2) is 23.3 Å². The fraction of sp³-hybridized carbons (Fsp3) is 0.167. The largest absolute Gasteiger partial charge is 0.466 e. The molecule has 0 amide bonds. The Hall–Kier alpha value is -0.900. The third kappa shape index (κ3) is 4.03. The number of carbonyl (C=O) groups is 1. The first-order chi connectivity index (χ1) is 4.70. The minimum Gasteiger partial charge on any atom is -0.466 e. The van der Waals surface area contributed by atoms with Crippen LogP contribution < -0.4 is 5.73 Å². The molecule has 0 saturated heterocycles. The molecule has 10 heavy (non-hydrogen) atoms. The fourth-order valence-corrected chi connectivity index (χ4v) is 0.501. The van der Waals surface area contributed by atoms with Gasteiger partial charge >= 0.3 is 5.97 Å². The van der Waals surface area contributed by atoms with Gasteiger partial charge in [-0.2, -0.15) is 12.6 Å². The average molecular weight is 159 g/mol. The summed E-state index contributed by atoms with van der Waals surface area (Å²) in [7, 11) is 1.29. The Kier molecular flexibility index (Phi) is 4.49. The molecule has 0 aromatic carbocycles. The third-order valence-electron chi connectivity index (χ3n) is 0.753. The molecule has 0 rings (SSSR count). The van der Waals surface area contributed by atoms with E-state index in [1.165, 1.54) is 24.7 Å². The van der Waals surface area contributed by atoms with E-state index in [0.29, 0.717) is 5.70 Å². The molecule has 2 N–H and O–H groups in total. The lowest BCUT2D eigenvalue weighted by atomic mass is 10.4. The van der Waals surface area contributed by atoms with E-state index in [1.807, 2.05) is 0 Å². The zero-order valence-electron chi connectivity index (χ0n) is 5.57. The number of ether oxygens (including phenoxy) is 1. The van der Waals surface area contributed by atoms with Crippen molar-refractivity contribution in [1.82, 2.24) is 0 Å². The molecule has 0 unspecified atom stereocenters. The zero-order valence-corrected chi connectivity index (χ0v) is 6.47. The van der Waals surface area contributed by atoms with E-state index < -0.39 is 5.97 Å². The van der Waals surface area contributed by atoms with Crippen molar-refractivity contribution in [3.63, 3.8) is 0 Å². The maximum Gasteiger partial charge on any atom is 0.332 e. The molecule has 0 atom stereocenters. The number of carbonyl (C=O) groups excluding carboxylic acids is 1. The van der Waals surface area contributed by atoms with E-state index in [0.717, 1.165) is 0 Å². The summed E-state index contributed by atoms with van der Waals surface area (Å²) in [6, 6.07) is 0. The Labute approximate surface area is 65.0 Å². The van der Waals surface area contributed by atoms with Crippen LogP contribution in [0.5, 0.6) is 0 Å². The highest BCUT2D eigenvalue weighted by Crippen LogP contribution is 1.89. The molecular formula is C6H9NO2S. The van der Waals surface area contributed by atoms with Crippen LogP contribution >= 0.6 is 12.6 Å². The van der Waals surface area contributed by atoms with Gasteiger partial charge in [0.05, 0.1) is 7.11 Å². The van der Waals surface area contributed by atoms with Crippen molar-refractivity contribution >= 4 is 18.6 Å². The lowest BCUT2D eigenvalue weighted by Crippen LogP contribution is -2.01. The summed E-state index contributed by atoms with van der Waals surface area (Å²) in [5, 5.41) is 1.44. The highest BCUT2D eigenvalue weighted by Gasteiger charge is 1.92. The molecule has 0 aliphatic rings. The van der Waals surface area contributed by atoms with Crippen LogP contribution in [-0.4, -0.2) is 13.1 Å². The number of hydrogen-bond acceptors (Lipinski definition) is 4. The van der Waals surface area contributed by atoms with E-state index in [2.05, 4.69) is 17.4 Å². The van der Waals surface area contributed by atoms with Crippen molar-refractivity contribution in [3.8, 4) is 0 Å². The average Bonchev–Trinajstić information content (AvgIpc) is 1.88. The SMILES string of the molecule is COC(=O)/C=C(N)/C=C\S. The van der Waals surface area contributed by atoms with Gasteiger partial charge in [-0.25, -0.2) is 4.79 Å². The predicted octanol–water partition coefficient (Wildman–Crippen LogP) is 0.446. The van der Waals surface area contributed by atoms with E-state index in [4.69, 9.17) is 5.73 Å². The summed E-state index contributed by atoms with van der Waals surface area (Å²) >= 11 is 3.76. The first-order valence-corrected chi connectivity index (χ1v) is 3.08. The summed E-state index contributed by atoms with van der Waals surface area (Å²) < 4.78 is 4.31. The highest BCUT2D eigenvalue weighted by atomic mass is 32.1. The van der Waals surface area contributed by atoms with Crippen molar-refractivity contribution in [3.05, 3.63) is 23.3 Å². The third-order valence-corrected chi connectivity index (χ3v) is 0.902. The van der Waals surface area contributed by atoms with Gasteiger partial charge < -0.3 is 10.5 Å². The highest BCUT2D eigenvalue weighted by molar-refractivity contribution is 7.83. The number of nitrogens with two attached hydrogens (primary N) is 1. The summed E-state index contributed by atoms with van der Waals surface area (Å²) in [6.45, 7) is 0. The van der Waals surface area contributed by atoms with Gasteiger partial charge in [-0.1, -0.05) is 0 Å². The van der Waals surface area contributed by atoms with Crippen LogP contribution in [0.1, 0.15) is 0 Å². The van der Waals surface area contributed by atoms with Crippen molar-refractivity contribution in [1.29, 1.82) is 0 Å². The summed E-state index contributed by atoms with van der Waals surface area (Å²) in [5.74, 6) is -0.469. The Morgan fingerprint density at radius 1 is 1.70 bits per heavy atom. The quantitative estimate of drug-likeness (QED) is 0.266. The zero-order chi connectivity index (χ0) is 7.98. The number of hydrogen-bond donors (Lipinski definition) is 2. The molecule has 0 fully saturated rings. The number of esters is 1. The monoisotopic (exact) mass is 159 g/mol. The second kappa shape index (κ2) is 4.93. The minimum atomic E-state index is -0.469. The van der Waals surface area contributed by atoms with Crippen LogP contribution in [0.4, 0.5) is 0 Å². The smallest absolute Gasteiger partial charge is 0.332 e. The molecule has 4 heteroatoms. The van der Waals surface area contributed by atoms with Crippen LogP contribution in [0.2, 0.25) is 0 Å². The molecule has 0 aromatic heterocycles. The van der Waals surface area contributed by atoms with Gasteiger partial charge in [0.15, 0.2) is 0 Å². The van der Waals surface area contributed by atoms with Crippen LogP contribution in [0.3, 0.4) is 0 Å². The second-order valence-electron chi connectivity index (χ2n) is 1.48. The van der Waals surface area contributed by atoms with Crippen LogP contribution in [0.25, 0.3) is 0 Å². The van der Waals surface area contributed by atoms with Gasteiger partial charge in [0, 0.05) is 11.8 Å². The Bertz CT molecular complexity index is 175. The van der Waals surface area contributed by atoms with E-state index in [-0.39, 0.29) is 0 Å². The molecule has 0 saturated carbocycles. The van der Waals surface area contributed by atoms with Gasteiger partial charge in [0.2, 0.25) is 0 Å². The maximum atomic E-state index is 10.5. The summed E-state index contributed by atoms with van der Waals surface area (Å²) in [6.07, 6.45) is 2.66. The molecule has 0 bridgehead atoms. The van der Waals surface area contributed by atoms with E-state index in [1.54, 1.807) is 0 Å². The number of thiol groups is 1. The lowest BCUT2D eigenvalue weighted by molar-refractivity contribution is -0.134. The Balaban J connectivity index is 4.02. The summed E-state index contributed by atoms with van der Waals surface area (Å²) in [4.78, 5) is 10.5. The van der Waals surface area contributed by atoms with Gasteiger partial charge in [-0.05, 0) is 11.5 Å². The number of rotatable bonds is 2. The van der Waals surface area contributed by atoms with Gasteiger partial charge in [0.25, 0.3) is 0 Å². The maximum absolute atomic E-state index is 10.5. The molecule has 0 aliphatic heterocycles. The molecule has 0 spiro atoms. The van der Waals surface area contributed by atoms with Crippen molar-refractivity contribution < 1.29 is 9.53 Å². The van der Waals surface area contributed by atoms with Crippen LogP contribution in [-0.2, 0) is 9.53 Å².